The fourth-order valence-corrected chi connectivity index (χ4v) is 3.07. The number of aryl methyl sites for hydroxylation is 1. The minimum atomic E-state index is 0.136. The average molecular weight is 314 g/mol. The van der Waals surface area contributed by atoms with Gasteiger partial charge in [0.1, 0.15) is 6.33 Å². The van der Waals surface area contributed by atoms with Crippen LogP contribution >= 0.6 is 11.8 Å². The van der Waals surface area contributed by atoms with E-state index in [0.717, 1.165) is 18.1 Å². The van der Waals surface area contributed by atoms with E-state index in [0.29, 0.717) is 12.4 Å². The van der Waals surface area contributed by atoms with Crippen LogP contribution in [0, 0.1) is 0 Å². The van der Waals surface area contributed by atoms with Crippen LogP contribution in [0.2, 0.25) is 0 Å². The summed E-state index contributed by atoms with van der Waals surface area (Å²) in [4.78, 5) is 14.2. The van der Waals surface area contributed by atoms with Crippen molar-refractivity contribution in [1.82, 2.24) is 19.7 Å². The Morgan fingerprint density at radius 3 is 2.62 bits per heavy atom. The van der Waals surface area contributed by atoms with Crippen molar-refractivity contribution in [2.45, 2.75) is 57.9 Å². The Labute approximate surface area is 131 Å². The molecule has 1 aromatic rings. The number of carbonyl (C=O) groups is 1. The quantitative estimate of drug-likeness (QED) is 0.516. The van der Waals surface area contributed by atoms with Crippen LogP contribution in [-0.2, 0) is 16.1 Å². The Bertz CT molecular complexity index is 426. The van der Waals surface area contributed by atoms with Gasteiger partial charge < -0.3 is 14.2 Å². The standard InChI is InChI=1S/C14H26N4O2S/c1-11(2)18(12(3)4)13(19)9-21-14-16-15-10-17(14)7-6-8-20-5/h10-12H,6-9H2,1-5H3. The van der Waals surface area contributed by atoms with Gasteiger partial charge in [-0.3, -0.25) is 4.79 Å². The first-order valence-corrected chi connectivity index (χ1v) is 8.26. The summed E-state index contributed by atoms with van der Waals surface area (Å²) in [5.74, 6) is 0.524. The highest BCUT2D eigenvalue weighted by atomic mass is 32.2. The van der Waals surface area contributed by atoms with Crippen LogP contribution in [0.15, 0.2) is 11.5 Å². The Morgan fingerprint density at radius 2 is 2.05 bits per heavy atom. The van der Waals surface area contributed by atoms with Crippen LogP contribution in [0.5, 0.6) is 0 Å². The normalized spacial score (nSPS) is 11.4. The summed E-state index contributed by atoms with van der Waals surface area (Å²) in [5, 5.41) is 8.78. The molecule has 0 bridgehead atoms. The zero-order chi connectivity index (χ0) is 15.8. The van der Waals surface area contributed by atoms with Crippen LogP contribution in [-0.4, -0.2) is 57.1 Å². The van der Waals surface area contributed by atoms with Gasteiger partial charge in [0.05, 0.1) is 5.75 Å². The van der Waals surface area contributed by atoms with E-state index >= 15 is 0 Å². The predicted octanol–water partition coefficient (Wildman–Crippen LogP) is 2.05. The van der Waals surface area contributed by atoms with Crippen molar-refractivity contribution in [2.24, 2.45) is 0 Å². The van der Waals surface area contributed by atoms with Crippen molar-refractivity contribution in [2.75, 3.05) is 19.5 Å². The highest BCUT2D eigenvalue weighted by molar-refractivity contribution is 7.99. The van der Waals surface area contributed by atoms with E-state index < -0.39 is 0 Å². The van der Waals surface area contributed by atoms with Gasteiger partial charge in [-0.1, -0.05) is 11.8 Å². The molecule has 0 spiro atoms. The number of amides is 1. The molecular formula is C14H26N4O2S. The summed E-state index contributed by atoms with van der Waals surface area (Å²) in [6, 6.07) is 0.412. The lowest BCUT2D eigenvalue weighted by atomic mass is 10.2. The summed E-state index contributed by atoms with van der Waals surface area (Å²) in [7, 11) is 1.69. The number of aromatic nitrogens is 3. The van der Waals surface area contributed by atoms with E-state index in [1.54, 1.807) is 13.4 Å². The molecule has 1 rings (SSSR count). The first kappa shape index (κ1) is 18.0. The second kappa shape index (κ2) is 9.04. The monoisotopic (exact) mass is 314 g/mol. The number of hydrogen-bond acceptors (Lipinski definition) is 5. The van der Waals surface area contributed by atoms with Gasteiger partial charge in [0.2, 0.25) is 5.91 Å². The molecule has 1 aromatic heterocycles. The maximum Gasteiger partial charge on any atom is 0.233 e. The molecule has 1 amide bonds. The van der Waals surface area contributed by atoms with Crippen molar-refractivity contribution >= 4 is 17.7 Å². The Morgan fingerprint density at radius 1 is 1.38 bits per heavy atom. The summed E-state index contributed by atoms with van der Waals surface area (Å²) in [6.45, 7) is 9.66. The molecule has 6 nitrogen and oxygen atoms in total. The lowest BCUT2D eigenvalue weighted by Crippen LogP contribution is -2.43. The fraction of sp³-hybridized carbons (Fsp3) is 0.786. The number of nitrogens with zero attached hydrogens (tertiary/aromatic N) is 4. The predicted molar refractivity (Wildman–Crippen MR) is 84.4 cm³/mol. The van der Waals surface area contributed by atoms with Gasteiger partial charge in [-0.05, 0) is 34.1 Å². The molecule has 0 aromatic carbocycles. The highest BCUT2D eigenvalue weighted by Crippen LogP contribution is 2.17. The SMILES string of the molecule is COCCCn1cnnc1SCC(=O)N(C(C)C)C(C)C. The molecule has 0 unspecified atom stereocenters. The Balaban J connectivity index is 2.55. The van der Waals surface area contributed by atoms with Gasteiger partial charge in [0.15, 0.2) is 5.16 Å². The molecule has 0 atom stereocenters. The lowest BCUT2D eigenvalue weighted by Gasteiger charge is -2.30. The Hall–Kier alpha value is -1.08. The zero-order valence-corrected chi connectivity index (χ0v) is 14.4. The number of hydrogen-bond donors (Lipinski definition) is 0. The number of carbonyl (C=O) groups excluding carboxylic acids is 1. The Kier molecular flexibility index (Phi) is 7.74. The number of rotatable bonds is 9. The van der Waals surface area contributed by atoms with Crippen molar-refractivity contribution in [3.8, 4) is 0 Å². The van der Waals surface area contributed by atoms with Crippen LogP contribution < -0.4 is 0 Å². The van der Waals surface area contributed by atoms with E-state index in [1.165, 1.54) is 11.8 Å². The highest BCUT2D eigenvalue weighted by Gasteiger charge is 2.20. The minimum Gasteiger partial charge on any atom is -0.385 e. The maximum absolute atomic E-state index is 12.3. The molecule has 7 heteroatoms. The van der Waals surface area contributed by atoms with Gasteiger partial charge >= 0.3 is 0 Å². The third-order valence-corrected chi connectivity index (χ3v) is 4.02. The smallest absolute Gasteiger partial charge is 0.233 e. The summed E-state index contributed by atoms with van der Waals surface area (Å²) in [6.07, 6.45) is 2.60. The van der Waals surface area contributed by atoms with Gasteiger partial charge in [0.25, 0.3) is 0 Å². The number of ether oxygens (including phenoxy) is 1. The molecule has 21 heavy (non-hydrogen) atoms. The summed E-state index contributed by atoms with van der Waals surface area (Å²) in [5.41, 5.74) is 0. The molecule has 0 radical (unpaired) electrons. The zero-order valence-electron chi connectivity index (χ0n) is 13.6. The molecular weight excluding hydrogens is 288 g/mol. The van der Waals surface area contributed by atoms with Crippen LogP contribution in [0.4, 0.5) is 0 Å². The average Bonchev–Trinajstić information content (AvgIpc) is 2.83. The van der Waals surface area contributed by atoms with E-state index in [4.69, 9.17) is 4.74 Å². The van der Waals surface area contributed by atoms with Gasteiger partial charge in [-0.15, -0.1) is 10.2 Å². The molecule has 0 aliphatic heterocycles. The van der Waals surface area contributed by atoms with Crippen molar-refractivity contribution in [3.05, 3.63) is 6.33 Å². The summed E-state index contributed by atoms with van der Waals surface area (Å²) < 4.78 is 7.00. The lowest BCUT2D eigenvalue weighted by molar-refractivity contribution is -0.131. The fourth-order valence-electron chi connectivity index (χ4n) is 2.26. The van der Waals surface area contributed by atoms with Gasteiger partial charge in [0, 0.05) is 32.3 Å². The maximum atomic E-state index is 12.3. The number of thioether (sulfide) groups is 1. The van der Waals surface area contributed by atoms with Crippen LogP contribution in [0.1, 0.15) is 34.1 Å². The molecule has 0 aliphatic carbocycles. The van der Waals surface area contributed by atoms with Crippen molar-refractivity contribution < 1.29 is 9.53 Å². The molecule has 1 heterocycles. The van der Waals surface area contributed by atoms with E-state index in [2.05, 4.69) is 10.2 Å². The topological polar surface area (TPSA) is 60.2 Å². The molecule has 0 N–H and O–H groups in total. The molecule has 0 aliphatic rings. The molecule has 0 saturated heterocycles. The van der Waals surface area contributed by atoms with Crippen LogP contribution in [0.25, 0.3) is 0 Å². The van der Waals surface area contributed by atoms with Gasteiger partial charge in [-0.25, -0.2) is 0 Å². The van der Waals surface area contributed by atoms with Crippen molar-refractivity contribution in [1.29, 1.82) is 0 Å². The molecule has 120 valence electrons. The van der Waals surface area contributed by atoms with E-state index in [1.807, 2.05) is 37.2 Å². The van der Waals surface area contributed by atoms with Gasteiger partial charge in [-0.2, -0.15) is 0 Å². The molecule has 0 fully saturated rings. The largest absolute Gasteiger partial charge is 0.385 e. The third-order valence-electron chi connectivity index (χ3n) is 3.05. The van der Waals surface area contributed by atoms with Crippen LogP contribution in [0.3, 0.4) is 0 Å². The number of methoxy groups -OCH3 is 1. The van der Waals surface area contributed by atoms with E-state index in [-0.39, 0.29) is 18.0 Å². The first-order valence-electron chi connectivity index (χ1n) is 7.28. The second-order valence-corrected chi connectivity index (χ2v) is 6.37. The third kappa shape index (κ3) is 5.67. The second-order valence-electron chi connectivity index (χ2n) is 5.43. The first-order chi connectivity index (χ1) is 9.97. The minimum absolute atomic E-state index is 0.136. The molecule has 0 saturated carbocycles. The van der Waals surface area contributed by atoms with E-state index in [9.17, 15) is 4.79 Å². The van der Waals surface area contributed by atoms with Crippen molar-refractivity contribution in [3.63, 3.8) is 0 Å². The summed E-state index contributed by atoms with van der Waals surface area (Å²) >= 11 is 1.44.